The fourth-order valence-electron chi connectivity index (χ4n) is 2.25. The smallest absolute Gasteiger partial charge is 0.261 e. The fourth-order valence-corrected chi connectivity index (χ4v) is 2.25. The lowest BCUT2D eigenvalue weighted by Crippen LogP contribution is -2.73. The number of benzene rings is 1. The van der Waals surface area contributed by atoms with Crippen LogP contribution in [0.4, 0.5) is 14.5 Å². The van der Waals surface area contributed by atoms with E-state index in [0.717, 1.165) is 12.1 Å². The largest absolute Gasteiger partial charge is 0.364 e. The number of hydrogen-bond donors (Lipinski definition) is 0. The summed E-state index contributed by atoms with van der Waals surface area (Å²) in [7, 11) is 0. The van der Waals surface area contributed by atoms with Crippen LogP contribution in [0.1, 0.15) is 20.8 Å². The van der Waals surface area contributed by atoms with Gasteiger partial charge in [-0.3, -0.25) is 4.79 Å². The van der Waals surface area contributed by atoms with Crippen molar-refractivity contribution in [3.05, 3.63) is 29.8 Å². The standard InChI is InChI=1S/C13H15F2NO2/c1-4-18-13(3)8(2)16(12(13)17)11-6-5-9(14)7-10(11)15/h5-8H,4H2,1-3H3. The van der Waals surface area contributed by atoms with E-state index >= 15 is 0 Å². The molecule has 1 aromatic rings. The van der Waals surface area contributed by atoms with Gasteiger partial charge in [-0.15, -0.1) is 0 Å². The summed E-state index contributed by atoms with van der Waals surface area (Å²) in [5.74, 6) is -1.71. The normalized spacial score (nSPS) is 27.3. The van der Waals surface area contributed by atoms with E-state index in [1.807, 2.05) is 0 Å². The maximum absolute atomic E-state index is 13.6. The van der Waals surface area contributed by atoms with Gasteiger partial charge in [-0.05, 0) is 32.9 Å². The van der Waals surface area contributed by atoms with Crippen molar-refractivity contribution in [1.29, 1.82) is 0 Å². The Balaban J connectivity index is 2.30. The molecule has 3 nitrogen and oxygen atoms in total. The van der Waals surface area contributed by atoms with Crippen LogP contribution in [0.2, 0.25) is 0 Å². The van der Waals surface area contributed by atoms with Crippen molar-refractivity contribution in [3.8, 4) is 0 Å². The lowest BCUT2D eigenvalue weighted by molar-refractivity contribution is -0.158. The number of hydrogen-bond acceptors (Lipinski definition) is 2. The molecule has 5 heteroatoms. The number of nitrogens with zero attached hydrogens (tertiary/aromatic N) is 1. The molecule has 18 heavy (non-hydrogen) atoms. The molecule has 1 aliphatic heterocycles. The highest BCUT2D eigenvalue weighted by molar-refractivity contribution is 6.07. The predicted molar refractivity (Wildman–Crippen MR) is 63.3 cm³/mol. The highest BCUT2D eigenvalue weighted by Gasteiger charge is 2.57. The van der Waals surface area contributed by atoms with Gasteiger partial charge in [0.25, 0.3) is 5.91 Å². The molecule has 2 unspecified atom stereocenters. The first kappa shape index (κ1) is 13.0. The summed E-state index contributed by atoms with van der Waals surface area (Å²) in [5.41, 5.74) is -0.832. The first-order chi connectivity index (χ1) is 8.41. The minimum absolute atomic E-state index is 0.0890. The molecule has 1 heterocycles. The van der Waals surface area contributed by atoms with Crippen LogP contribution in [0.25, 0.3) is 0 Å². The minimum atomic E-state index is -0.921. The minimum Gasteiger partial charge on any atom is -0.364 e. The number of carbonyl (C=O) groups excluding carboxylic acids is 1. The first-order valence-electron chi connectivity index (χ1n) is 5.84. The van der Waals surface area contributed by atoms with E-state index in [1.165, 1.54) is 11.0 Å². The topological polar surface area (TPSA) is 29.5 Å². The number of carbonyl (C=O) groups is 1. The molecule has 1 aliphatic rings. The number of ether oxygens (including phenoxy) is 1. The Morgan fingerprint density at radius 2 is 2.11 bits per heavy atom. The van der Waals surface area contributed by atoms with Crippen molar-refractivity contribution in [2.24, 2.45) is 0 Å². The van der Waals surface area contributed by atoms with Gasteiger partial charge in [0.2, 0.25) is 0 Å². The summed E-state index contributed by atoms with van der Waals surface area (Å²) in [6, 6.07) is 2.88. The molecule has 0 bridgehead atoms. The molecule has 2 rings (SSSR count). The average molecular weight is 255 g/mol. The molecule has 1 amide bonds. The van der Waals surface area contributed by atoms with E-state index in [0.29, 0.717) is 6.61 Å². The molecule has 0 N–H and O–H groups in total. The predicted octanol–water partition coefficient (Wildman–Crippen LogP) is 2.50. The molecule has 0 aliphatic carbocycles. The Morgan fingerprint density at radius 3 is 2.61 bits per heavy atom. The maximum Gasteiger partial charge on any atom is 0.261 e. The molecule has 2 atom stereocenters. The van der Waals surface area contributed by atoms with Gasteiger partial charge in [0, 0.05) is 12.7 Å². The molecular weight excluding hydrogens is 240 g/mol. The van der Waals surface area contributed by atoms with E-state index in [9.17, 15) is 13.6 Å². The molecule has 0 spiro atoms. The lowest BCUT2D eigenvalue weighted by atomic mass is 9.84. The molecule has 0 aromatic heterocycles. The number of rotatable bonds is 3. The zero-order valence-electron chi connectivity index (χ0n) is 10.5. The highest BCUT2D eigenvalue weighted by atomic mass is 19.1. The van der Waals surface area contributed by atoms with Gasteiger partial charge >= 0.3 is 0 Å². The molecular formula is C13H15F2NO2. The maximum atomic E-state index is 13.6. The summed E-state index contributed by atoms with van der Waals surface area (Å²) >= 11 is 0. The van der Waals surface area contributed by atoms with Gasteiger partial charge < -0.3 is 9.64 Å². The fraction of sp³-hybridized carbons (Fsp3) is 0.462. The van der Waals surface area contributed by atoms with Gasteiger partial charge in [-0.25, -0.2) is 8.78 Å². The van der Waals surface area contributed by atoms with E-state index in [-0.39, 0.29) is 17.6 Å². The number of β-lactam (4-membered cyclic amide) rings is 1. The SMILES string of the molecule is CCOC1(C)C(=O)N(c2ccc(F)cc2F)C1C. The van der Waals surface area contributed by atoms with Crippen molar-refractivity contribution in [1.82, 2.24) is 0 Å². The summed E-state index contributed by atoms with van der Waals surface area (Å²) in [6.07, 6.45) is 0. The molecule has 1 saturated heterocycles. The second kappa shape index (κ2) is 4.31. The van der Waals surface area contributed by atoms with Crippen LogP contribution < -0.4 is 4.90 Å². The third kappa shape index (κ3) is 1.70. The van der Waals surface area contributed by atoms with Crippen molar-refractivity contribution < 1.29 is 18.3 Å². The van der Waals surface area contributed by atoms with Crippen LogP contribution >= 0.6 is 0 Å². The number of amides is 1. The van der Waals surface area contributed by atoms with E-state index < -0.39 is 17.2 Å². The Hall–Kier alpha value is -1.49. The van der Waals surface area contributed by atoms with Gasteiger partial charge in [0.05, 0.1) is 11.7 Å². The molecule has 1 aromatic carbocycles. The van der Waals surface area contributed by atoms with Crippen LogP contribution in [0.3, 0.4) is 0 Å². The quantitative estimate of drug-likeness (QED) is 0.777. The van der Waals surface area contributed by atoms with Gasteiger partial charge in [-0.2, -0.15) is 0 Å². The van der Waals surface area contributed by atoms with Gasteiger partial charge in [-0.1, -0.05) is 0 Å². The second-order valence-electron chi connectivity index (χ2n) is 4.49. The van der Waals surface area contributed by atoms with Crippen LogP contribution in [0, 0.1) is 11.6 Å². The third-order valence-corrected chi connectivity index (χ3v) is 3.44. The van der Waals surface area contributed by atoms with Crippen molar-refractivity contribution in [3.63, 3.8) is 0 Å². The molecule has 98 valence electrons. The monoisotopic (exact) mass is 255 g/mol. The summed E-state index contributed by atoms with van der Waals surface area (Å²) in [6.45, 7) is 5.67. The Morgan fingerprint density at radius 1 is 1.44 bits per heavy atom. The van der Waals surface area contributed by atoms with E-state index in [2.05, 4.69) is 0 Å². The average Bonchev–Trinajstić information content (AvgIpc) is 2.32. The Labute approximate surface area is 104 Å². The van der Waals surface area contributed by atoms with Gasteiger partial charge in [0.15, 0.2) is 5.60 Å². The molecule has 1 fully saturated rings. The Kier molecular flexibility index (Phi) is 3.11. The molecule has 0 saturated carbocycles. The zero-order valence-corrected chi connectivity index (χ0v) is 10.5. The third-order valence-electron chi connectivity index (χ3n) is 3.44. The number of halogens is 2. The van der Waals surface area contributed by atoms with Crippen molar-refractivity contribution >= 4 is 11.6 Å². The highest BCUT2D eigenvalue weighted by Crippen LogP contribution is 2.39. The van der Waals surface area contributed by atoms with Crippen LogP contribution in [0.15, 0.2) is 18.2 Å². The van der Waals surface area contributed by atoms with E-state index in [4.69, 9.17) is 4.74 Å². The van der Waals surface area contributed by atoms with Crippen molar-refractivity contribution in [2.45, 2.75) is 32.4 Å². The summed E-state index contributed by atoms with van der Waals surface area (Å²) < 4.78 is 31.9. The van der Waals surface area contributed by atoms with Crippen LogP contribution in [-0.2, 0) is 9.53 Å². The lowest BCUT2D eigenvalue weighted by Gasteiger charge is -2.52. The summed E-state index contributed by atoms with van der Waals surface area (Å²) in [4.78, 5) is 13.4. The summed E-state index contributed by atoms with van der Waals surface area (Å²) in [5, 5.41) is 0. The second-order valence-corrected chi connectivity index (χ2v) is 4.49. The van der Waals surface area contributed by atoms with Crippen LogP contribution in [-0.4, -0.2) is 24.2 Å². The first-order valence-corrected chi connectivity index (χ1v) is 5.84. The zero-order chi connectivity index (χ0) is 13.5. The van der Waals surface area contributed by atoms with E-state index in [1.54, 1.807) is 20.8 Å². The number of anilines is 1. The van der Waals surface area contributed by atoms with Crippen molar-refractivity contribution in [2.75, 3.05) is 11.5 Å². The van der Waals surface area contributed by atoms with Crippen LogP contribution in [0.5, 0.6) is 0 Å². The van der Waals surface area contributed by atoms with Gasteiger partial charge in [0.1, 0.15) is 11.6 Å². The Bertz CT molecular complexity index is 492. The molecule has 0 radical (unpaired) electrons.